The Hall–Kier alpha value is -2.49. The van der Waals surface area contributed by atoms with Gasteiger partial charge in [-0.3, -0.25) is 4.79 Å². The van der Waals surface area contributed by atoms with Gasteiger partial charge in [-0.1, -0.05) is 6.07 Å². The van der Waals surface area contributed by atoms with Crippen LogP contribution in [0.4, 0.5) is 0 Å². The summed E-state index contributed by atoms with van der Waals surface area (Å²) in [6, 6.07) is 9.34. The van der Waals surface area contributed by atoms with Gasteiger partial charge in [-0.25, -0.2) is 18.1 Å². The van der Waals surface area contributed by atoms with E-state index in [1.165, 1.54) is 24.3 Å². The molecule has 0 aliphatic heterocycles. The smallest absolute Gasteiger partial charge is 0.251 e. The fraction of sp³-hybridized carbons (Fsp3) is 0.400. The monoisotopic (exact) mass is 421 g/mol. The largest absolute Gasteiger partial charge is 0.475 e. The molecule has 1 heterocycles. The maximum absolute atomic E-state index is 12.4. The van der Waals surface area contributed by atoms with E-state index < -0.39 is 15.6 Å². The number of carbonyl (C=O) groups excluding carboxylic acids is 1. The molecule has 29 heavy (non-hydrogen) atoms. The lowest BCUT2D eigenvalue weighted by molar-refractivity contribution is 0.0950. The van der Waals surface area contributed by atoms with Crippen molar-refractivity contribution in [2.45, 2.75) is 37.8 Å². The van der Waals surface area contributed by atoms with E-state index in [-0.39, 0.29) is 17.3 Å². The highest BCUT2D eigenvalue weighted by Crippen LogP contribution is 2.16. The first-order valence-electron chi connectivity index (χ1n) is 9.10. The minimum atomic E-state index is -3.65. The molecule has 0 spiro atoms. The van der Waals surface area contributed by atoms with Gasteiger partial charge in [0.2, 0.25) is 15.9 Å². The minimum Gasteiger partial charge on any atom is -0.475 e. The van der Waals surface area contributed by atoms with E-state index in [4.69, 9.17) is 9.47 Å². The third-order valence-electron chi connectivity index (χ3n) is 3.68. The maximum atomic E-state index is 12.4. The molecule has 9 heteroatoms. The number of ether oxygens (including phenoxy) is 2. The number of amides is 1. The van der Waals surface area contributed by atoms with Crippen molar-refractivity contribution in [3.05, 3.63) is 53.7 Å². The van der Waals surface area contributed by atoms with Gasteiger partial charge in [0.1, 0.15) is 6.61 Å². The quantitative estimate of drug-likeness (QED) is 0.601. The molecule has 1 aromatic heterocycles. The molecule has 158 valence electrons. The molecule has 0 aliphatic rings. The van der Waals surface area contributed by atoms with Crippen molar-refractivity contribution in [3.63, 3.8) is 0 Å². The molecule has 0 aliphatic carbocycles. The van der Waals surface area contributed by atoms with Gasteiger partial charge < -0.3 is 14.8 Å². The fourth-order valence-electron chi connectivity index (χ4n) is 2.44. The highest BCUT2D eigenvalue weighted by Gasteiger charge is 2.22. The van der Waals surface area contributed by atoms with Crippen LogP contribution in [-0.4, -0.2) is 45.2 Å². The van der Waals surface area contributed by atoms with Crippen molar-refractivity contribution in [1.29, 1.82) is 0 Å². The molecule has 0 saturated heterocycles. The van der Waals surface area contributed by atoms with Gasteiger partial charge >= 0.3 is 0 Å². The van der Waals surface area contributed by atoms with Crippen LogP contribution < -0.4 is 14.8 Å². The zero-order chi connectivity index (χ0) is 21.5. The normalized spacial score (nSPS) is 11.9. The average Bonchev–Trinajstić information content (AvgIpc) is 2.65. The summed E-state index contributed by atoms with van der Waals surface area (Å²) in [5.74, 6) is 0.101. The summed E-state index contributed by atoms with van der Waals surface area (Å²) in [6.45, 7) is 6.30. The average molecular weight is 422 g/mol. The topological polar surface area (TPSA) is 107 Å². The molecule has 2 N–H and O–H groups in total. The molecule has 0 atom stereocenters. The number of methoxy groups -OCH3 is 1. The van der Waals surface area contributed by atoms with Crippen LogP contribution in [0.5, 0.6) is 5.88 Å². The SMILES string of the molecule is COCCOc1ncccc1CNC(=O)c1ccc(S(=O)(=O)NC(C)(C)C)cc1. The van der Waals surface area contributed by atoms with Gasteiger partial charge in [-0.05, 0) is 51.1 Å². The number of benzene rings is 1. The van der Waals surface area contributed by atoms with Crippen molar-refractivity contribution < 1.29 is 22.7 Å². The summed E-state index contributed by atoms with van der Waals surface area (Å²) in [4.78, 5) is 16.7. The van der Waals surface area contributed by atoms with Crippen molar-refractivity contribution in [2.24, 2.45) is 0 Å². The molecule has 8 nitrogen and oxygen atoms in total. The van der Waals surface area contributed by atoms with Gasteiger partial charge in [-0.2, -0.15) is 0 Å². The molecule has 1 amide bonds. The summed E-state index contributed by atoms with van der Waals surface area (Å²) >= 11 is 0. The Bertz CT molecular complexity index is 922. The van der Waals surface area contributed by atoms with E-state index in [1.807, 2.05) is 6.07 Å². The van der Waals surface area contributed by atoms with Gasteiger partial charge in [0.05, 0.1) is 11.5 Å². The predicted molar refractivity (Wildman–Crippen MR) is 109 cm³/mol. The van der Waals surface area contributed by atoms with Crippen LogP contribution >= 0.6 is 0 Å². The van der Waals surface area contributed by atoms with Crippen LogP contribution in [0.1, 0.15) is 36.7 Å². The van der Waals surface area contributed by atoms with E-state index in [0.717, 1.165) is 5.56 Å². The summed E-state index contributed by atoms with van der Waals surface area (Å²) in [7, 11) is -2.07. The van der Waals surface area contributed by atoms with Gasteiger partial charge in [0, 0.05) is 36.5 Å². The lowest BCUT2D eigenvalue weighted by Gasteiger charge is -2.20. The Morgan fingerprint density at radius 3 is 2.41 bits per heavy atom. The predicted octanol–water partition coefficient (Wildman–Crippen LogP) is 2.11. The number of nitrogens with one attached hydrogen (secondary N) is 2. The van der Waals surface area contributed by atoms with E-state index in [2.05, 4.69) is 15.0 Å². The first-order chi connectivity index (χ1) is 13.6. The number of aromatic nitrogens is 1. The Morgan fingerprint density at radius 1 is 1.10 bits per heavy atom. The number of pyridine rings is 1. The van der Waals surface area contributed by atoms with Crippen LogP contribution in [0.15, 0.2) is 47.5 Å². The number of sulfonamides is 1. The van der Waals surface area contributed by atoms with Crippen molar-refractivity contribution in [3.8, 4) is 5.88 Å². The Morgan fingerprint density at radius 2 is 1.79 bits per heavy atom. The number of nitrogens with zero attached hydrogens (tertiary/aromatic N) is 1. The number of carbonyl (C=O) groups is 1. The summed E-state index contributed by atoms with van der Waals surface area (Å²) in [6.07, 6.45) is 1.61. The van der Waals surface area contributed by atoms with Crippen LogP contribution in [0, 0.1) is 0 Å². The second-order valence-electron chi connectivity index (χ2n) is 7.37. The van der Waals surface area contributed by atoms with Crippen molar-refractivity contribution in [2.75, 3.05) is 20.3 Å². The number of hydrogen-bond donors (Lipinski definition) is 2. The molecule has 1 aromatic carbocycles. The highest BCUT2D eigenvalue weighted by atomic mass is 32.2. The van der Waals surface area contributed by atoms with E-state index in [9.17, 15) is 13.2 Å². The van der Waals surface area contributed by atoms with Crippen LogP contribution in [0.3, 0.4) is 0 Å². The molecule has 0 fully saturated rings. The fourth-order valence-corrected chi connectivity index (χ4v) is 3.85. The molecule has 2 aromatic rings. The Labute approximate surface area is 171 Å². The minimum absolute atomic E-state index is 0.102. The van der Waals surface area contributed by atoms with Crippen molar-refractivity contribution >= 4 is 15.9 Å². The zero-order valence-electron chi connectivity index (χ0n) is 17.1. The molecule has 0 radical (unpaired) electrons. The number of rotatable bonds is 9. The van der Waals surface area contributed by atoms with Gasteiger partial charge in [0.15, 0.2) is 0 Å². The summed E-state index contributed by atoms with van der Waals surface area (Å²) < 4.78 is 37.8. The first-order valence-corrected chi connectivity index (χ1v) is 10.6. The molecular formula is C20H27N3O5S. The Balaban J connectivity index is 2.02. The van der Waals surface area contributed by atoms with E-state index >= 15 is 0 Å². The van der Waals surface area contributed by atoms with Crippen LogP contribution in [0.25, 0.3) is 0 Å². The van der Waals surface area contributed by atoms with Crippen molar-refractivity contribution in [1.82, 2.24) is 15.0 Å². The third kappa shape index (κ3) is 7.12. The van der Waals surface area contributed by atoms with E-state index in [1.54, 1.807) is 40.1 Å². The lowest BCUT2D eigenvalue weighted by atomic mass is 10.1. The maximum Gasteiger partial charge on any atom is 0.251 e. The third-order valence-corrected chi connectivity index (χ3v) is 5.46. The molecule has 0 saturated carbocycles. The van der Waals surface area contributed by atoms with E-state index in [0.29, 0.717) is 24.7 Å². The zero-order valence-corrected chi connectivity index (χ0v) is 17.9. The van der Waals surface area contributed by atoms with Crippen LogP contribution in [0.2, 0.25) is 0 Å². The Kier molecular flexibility index (Phi) is 7.72. The lowest BCUT2D eigenvalue weighted by Crippen LogP contribution is -2.40. The molecule has 0 unspecified atom stereocenters. The first kappa shape index (κ1) is 22.8. The van der Waals surface area contributed by atoms with Crippen LogP contribution in [-0.2, 0) is 21.3 Å². The molecular weight excluding hydrogens is 394 g/mol. The standard InChI is InChI=1S/C20H27N3O5S/c1-20(2,3)23-29(25,26)17-9-7-15(8-10-17)18(24)22-14-16-6-5-11-21-19(16)28-13-12-27-4/h5-11,23H,12-14H2,1-4H3,(H,22,24). The van der Waals surface area contributed by atoms with Gasteiger partial charge in [-0.15, -0.1) is 0 Å². The molecule has 0 bridgehead atoms. The second kappa shape index (κ2) is 9.82. The highest BCUT2D eigenvalue weighted by molar-refractivity contribution is 7.89. The second-order valence-corrected chi connectivity index (χ2v) is 9.05. The van der Waals surface area contributed by atoms with Gasteiger partial charge in [0.25, 0.3) is 5.91 Å². The molecule has 2 rings (SSSR count). The number of hydrogen-bond acceptors (Lipinski definition) is 6. The summed E-state index contributed by atoms with van der Waals surface area (Å²) in [5, 5.41) is 2.79. The summed E-state index contributed by atoms with van der Waals surface area (Å²) in [5.41, 5.74) is 0.484.